The van der Waals surface area contributed by atoms with Gasteiger partial charge in [-0.05, 0) is 65.7 Å². The van der Waals surface area contributed by atoms with Crippen LogP contribution in [0.3, 0.4) is 0 Å². The van der Waals surface area contributed by atoms with E-state index in [1.807, 2.05) is 12.1 Å². The molecule has 1 amide bonds. The maximum absolute atomic E-state index is 13.3. The van der Waals surface area contributed by atoms with E-state index < -0.39 is 9.84 Å². The molecule has 0 saturated carbocycles. The Morgan fingerprint density at radius 3 is 2.03 bits per heavy atom. The molecule has 1 heterocycles. The van der Waals surface area contributed by atoms with Crippen molar-refractivity contribution in [2.24, 2.45) is 0 Å². The van der Waals surface area contributed by atoms with Crippen molar-refractivity contribution >= 4 is 61.1 Å². The van der Waals surface area contributed by atoms with Gasteiger partial charge in [0.25, 0.3) is 0 Å². The number of thiophene rings is 1. The summed E-state index contributed by atoms with van der Waals surface area (Å²) in [6, 6.07) is 21.8. The van der Waals surface area contributed by atoms with Gasteiger partial charge in [0.15, 0.2) is 9.84 Å². The van der Waals surface area contributed by atoms with Crippen LogP contribution in [0.1, 0.15) is 27.7 Å². The standard InChI is InChI=1S/C27H21Cl2NO4S2/c1-2-36(33,34)22-13-3-17(4-14-22)15-24(31)30-25-16-23(18-5-9-20(28)10-6-18)27(35-25)26(32)19-7-11-21(29)12-8-19/h3-14,16H,2,15H2,1H3,(H,30,31). The normalized spacial score (nSPS) is 11.3. The summed E-state index contributed by atoms with van der Waals surface area (Å²) < 4.78 is 24.0. The Hall–Kier alpha value is -2.97. The van der Waals surface area contributed by atoms with Crippen LogP contribution in [0, 0.1) is 0 Å². The lowest BCUT2D eigenvalue weighted by molar-refractivity contribution is -0.115. The monoisotopic (exact) mass is 557 g/mol. The summed E-state index contributed by atoms with van der Waals surface area (Å²) >= 11 is 13.2. The highest BCUT2D eigenvalue weighted by atomic mass is 35.5. The van der Waals surface area contributed by atoms with Crippen LogP contribution in [-0.4, -0.2) is 25.9 Å². The number of carbonyl (C=O) groups is 2. The number of hydrogen-bond acceptors (Lipinski definition) is 5. The summed E-state index contributed by atoms with van der Waals surface area (Å²) in [5.41, 5.74) is 2.63. The number of hydrogen-bond donors (Lipinski definition) is 1. The van der Waals surface area contributed by atoms with Crippen molar-refractivity contribution in [3.8, 4) is 11.1 Å². The first-order valence-electron chi connectivity index (χ1n) is 11.0. The summed E-state index contributed by atoms with van der Waals surface area (Å²) in [6.45, 7) is 1.59. The lowest BCUT2D eigenvalue weighted by Gasteiger charge is -2.05. The van der Waals surface area contributed by atoms with Gasteiger partial charge in [-0.2, -0.15) is 0 Å². The van der Waals surface area contributed by atoms with Crippen molar-refractivity contribution < 1.29 is 18.0 Å². The lowest BCUT2D eigenvalue weighted by Crippen LogP contribution is -2.13. The Kier molecular flexibility index (Phi) is 7.95. The van der Waals surface area contributed by atoms with Crippen molar-refractivity contribution in [3.63, 3.8) is 0 Å². The highest BCUT2D eigenvalue weighted by molar-refractivity contribution is 7.91. The minimum absolute atomic E-state index is 0.0121. The molecule has 36 heavy (non-hydrogen) atoms. The van der Waals surface area contributed by atoms with E-state index >= 15 is 0 Å². The number of rotatable bonds is 8. The molecule has 184 valence electrons. The molecule has 4 aromatic rings. The smallest absolute Gasteiger partial charge is 0.229 e. The van der Waals surface area contributed by atoms with Gasteiger partial charge in [-0.3, -0.25) is 9.59 Å². The number of sulfone groups is 1. The zero-order valence-corrected chi connectivity index (χ0v) is 22.3. The molecule has 1 aromatic heterocycles. The molecule has 0 radical (unpaired) electrons. The maximum Gasteiger partial charge on any atom is 0.229 e. The van der Waals surface area contributed by atoms with Crippen LogP contribution in [0.4, 0.5) is 5.00 Å². The molecule has 0 fully saturated rings. The topological polar surface area (TPSA) is 80.3 Å². The van der Waals surface area contributed by atoms with E-state index in [0.29, 0.717) is 36.6 Å². The lowest BCUT2D eigenvalue weighted by atomic mass is 10.0. The van der Waals surface area contributed by atoms with E-state index in [0.717, 1.165) is 5.56 Å². The molecule has 5 nitrogen and oxygen atoms in total. The second-order valence-electron chi connectivity index (χ2n) is 7.97. The average molecular weight is 559 g/mol. The Morgan fingerprint density at radius 1 is 0.861 bits per heavy atom. The highest BCUT2D eigenvalue weighted by Gasteiger charge is 2.20. The molecule has 1 N–H and O–H groups in total. The van der Waals surface area contributed by atoms with Gasteiger partial charge in [0.1, 0.15) is 0 Å². The maximum atomic E-state index is 13.3. The molecule has 0 bridgehead atoms. The fourth-order valence-corrected chi connectivity index (χ4v) is 5.74. The summed E-state index contributed by atoms with van der Waals surface area (Å²) in [5.74, 6) is -0.455. The predicted molar refractivity (Wildman–Crippen MR) is 146 cm³/mol. The molecule has 3 aromatic carbocycles. The van der Waals surface area contributed by atoms with Crippen molar-refractivity contribution in [3.05, 3.63) is 105 Å². The zero-order chi connectivity index (χ0) is 25.9. The first kappa shape index (κ1) is 26.1. The van der Waals surface area contributed by atoms with Crippen LogP contribution in [0.2, 0.25) is 10.0 Å². The van der Waals surface area contributed by atoms with E-state index in [2.05, 4.69) is 5.32 Å². The van der Waals surface area contributed by atoms with Crippen LogP contribution in [0.15, 0.2) is 83.8 Å². The van der Waals surface area contributed by atoms with Gasteiger partial charge in [-0.1, -0.05) is 54.4 Å². The third kappa shape index (κ3) is 6.05. The number of benzene rings is 3. The zero-order valence-electron chi connectivity index (χ0n) is 19.1. The van der Waals surface area contributed by atoms with Gasteiger partial charge < -0.3 is 5.32 Å². The van der Waals surface area contributed by atoms with Gasteiger partial charge in [0.05, 0.1) is 26.9 Å². The molecule has 0 aliphatic carbocycles. The Morgan fingerprint density at radius 2 is 1.44 bits per heavy atom. The van der Waals surface area contributed by atoms with Gasteiger partial charge >= 0.3 is 0 Å². The molecule has 0 aliphatic heterocycles. The second-order valence-corrected chi connectivity index (χ2v) is 12.2. The molecule has 0 unspecified atom stereocenters. The largest absolute Gasteiger partial charge is 0.317 e. The van der Waals surface area contributed by atoms with Crippen molar-refractivity contribution in [2.75, 3.05) is 11.1 Å². The summed E-state index contributed by atoms with van der Waals surface area (Å²) in [5, 5.41) is 4.49. The molecule has 0 spiro atoms. The van der Waals surface area contributed by atoms with Gasteiger partial charge in [-0.15, -0.1) is 11.3 Å². The highest BCUT2D eigenvalue weighted by Crippen LogP contribution is 2.37. The van der Waals surface area contributed by atoms with Gasteiger partial charge in [0.2, 0.25) is 11.7 Å². The van der Waals surface area contributed by atoms with E-state index in [9.17, 15) is 18.0 Å². The molecule has 0 saturated heterocycles. The Bertz CT molecular complexity index is 1510. The van der Waals surface area contributed by atoms with E-state index in [4.69, 9.17) is 23.2 Å². The molecule has 0 aliphatic rings. The van der Waals surface area contributed by atoms with Crippen LogP contribution < -0.4 is 5.32 Å². The molecular weight excluding hydrogens is 537 g/mol. The number of ketones is 1. The quantitative estimate of drug-likeness (QED) is 0.238. The van der Waals surface area contributed by atoms with Crippen LogP contribution in [0.5, 0.6) is 0 Å². The molecule has 0 atom stereocenters. The predicted octanol–water partition coefficient (Wildman–Crippen LogP) is 6.93. The molecule has 9 heteroatoms. The van der Waals surface area contributed by atoms with Gasteiger partial charge in [-0.25, -0.2) is 8.42 Å². The summed E-state index contributed by atoms with van der Waals surface area (Å²) in [7, 11) is -3.30. The number of carbonyl (C=O) groups excluding carboxylic acids is 2. The minimum atomic E-state index is -3.30. The second kappa shape index (κ2) is 11.0. The minimum Gasteiger partial charge on any atom is -0.317 e. The third-order valence-electron chi connectivity index (χ3n) is 5.49. The van der Waals surface area contributed by atoms with Crippen LogP contribution >= 0.6 is 34.5 Å². The fourth-order valence-electron chi connectivity index (χ4n) is 3.55. The summed E-state index contributed by atoms with van der Waals surface area (Å²) in [4.78, 5) is 26.8. The van der Waals surface area contributed by atoms with Crippen molar-refractivity contribution in [2.45, 2.75) is 18.2 Å². The van der Waals surface area contributed by atoms with Crippen molar-refractivity contribution in [1.29, 1.82) is 0 Å². The van der Waals surface area contributed by atoms with Gasteiger partial charge in [0, 0.05) is 21.2 Å². The first-order valence-corrected chi connectivity index (χ1v) is 14.2. The van der Waals surface area contributed by atoms with E-state index in [1.165, 1.54) is 23.5 Å². The number of halogens is 2. The third-order valence-corrected chi connectivity index (χ3v) is 8.79. The average Bonchev–Trinajstić information content (AvgIpc) is 3.28. The number of anilines is 1. The Balaban J connectivity index is 1.59. The van der Waals surface area contributed by atoms with E-state index in [-0.39, 0.29) is 28.8 Å². The molecule has 4 rings (SSSR count). The van der Waals surface area contributed by atoms with Crippen LogP contribution in [0.25, 0.3) is 11.1 Å². The number of amides is 1. The molecular formula is C27H21Cl2NO4S2. The van der Waals surface area contributed by atoms with Crippen molar-refractivity contribution in [1.82, 2.24) is 0 Å². The van der Waals surface area contributed by atoms with E-state index in [1.54, 1.807) is 61.5 Å². The SMILES string of the molecule is CCS(=O)(=O)c1ccc(CC(=O)Nc2cc(-c3ccc(Cl)cc3)c(C(=O)c3ccc(Cl)cc3)s2)cc1. The fraction of sp³-hybridized carbons (Fsp3) is 0.111. The van der Waals surface area contributed by atoms with Crippen LogP contribution in [-0.2, 0) is 21.1 Å². The first-order chi connectivity index (χ1) is 17.2. The Labute approximate surface area is 223 Å². The summed E-state index contributed by atoms with van der Waals surface area (Å²) in [6.07, 6.45) is 0.0566. The number of nitrogens with one attached hydrogen (secondary N) is 1.